The van der Waals surface area contributed by atoms with Gasteiger partial charge in [-0.25, -0.2) is 19.6 Å². The second-order valence-electron chi connectivity index (χ2n) is 17.0. The van der Waals surface area contributed by atoms with E-state index < -0.39 is 24.3 Å². The molecule has 6 fully saturated rings. The zero-order chi connectivity index (χ0) is 38.6. The van der Waals surface area contributed by atoms with Crippen LogP contribution in [0.2, 0.25) is 0 Å². The second-order valence-corrected chi connectivity index (χ2v) is 17.0. The number of fused-ring (bicyclic) bond motifs is 2. The number of aromatic amines is 2. The molecule has 0 bridgehead atoms. The Morgan fingerprint density at radius 2 is 1.09 bits per heavy atom. The molecule has 14 nitrogen and oxygen atoms in total. The summed E-state index contributed by atoms with van der Waals surface area (Å²) in [7, 11) is 0. The van der Waals surface area contributed by atoms with Gasteiger partial charge in [0.1, 0.15) is 23.7 Å². The van der Waals surface area contributed by atoms with Crippen molar-refractivity contribution in [2.24, 2.45) is 23.7 Å². The van der Waals surface area contributed by atoms with Crippen molar-refractivity contribution in [1.29, 1.82) is 0 Å². The molecule has 6 N–H and O–H groups in total. The molecule has 8 atom stereocenters. The van der Waals surface area contributed by atoms with E-state index >= 15 is 0 Å². The summed E-state index contributed by atoms with van der Waals surface area (Å²) >= 11 is 0. The minimum Gasteiger partial charge on any atom is -0.465 e. The number of aromatic nitrogens is 4. The summed E-state index contributed by atoms with van der Waals surface area (Å²) in [6.07, 6.45) is 8.49. The Balaban J connectivity index is 0.843. The smallest absolute Gasteiger partial charge is 0.405 e. The number of benzene rings is 2. The highest BCUT2D eigenvalue weighted by Crippen LogP contribution is 2.55. The van der Waals surface area contributed by atoms with Gasteiger partial charge >= 0.3 is 12.2 Å². The number of piperidine rings is 2. The number of carbonyl (C=O) groups is 4. The van der Waals surface area contributed by atoms with Crippen molar-refractivity contribution in [3.63, 3.8) is 0 Å². The largest absolute Gasteiger partial charge is 0.465 e. The molecule has 6 aliphatic rings. The number of rotatable bonds is 11. The number of likely N-dealkylation sites (tertiary alicyclic amines) is 2. The van der Waals surface area contributed by atoms with Crippen molar-refractivity contribution < 1.29 is 29.4 Å². The van der Waals surface area contributed by atoms with Gasteiger partial charge in [-0.2, -0.15) is 0 Å². The van der Waals surface area contributed by atoms with Gasteiger partial charge in [0.25, 0.3) is 0 Å². The normalized spacial score (nSPS) is 27.0. The third kappa shape index (κ3) is 6.09. The number of H-pyrrole nitrogens is 2. The maximum Gasteiger partial charge on any atom is 0.405 e. The first-order valence-electron chi connectivity index (χ1n) is 20.0. The van der Waals surface area contributed by atoms with E-state index in [2.05, 4.69) is 70.8 Å². The highest BCUT2D eigenvalue weighted by atomic mass is 16.4. The fraction of sp³-hybridized carbons (Fsp3) is 0.476. The van der Waals surface area contributed by atoms with Crippen LogP contribution in [0.4, 0.5) is 9.59 Å². The molecule has 10 rings (SSSR count). The summed E-state index contributed by atoms with van der Waals surface area (Å²) in [5.41, 5.74) is 8.00. The lowest BCUT2D eigenvalue weighted by molar-refractivity contribution is -0.136. The van der Waals surface area contributed by atoms with Crippen LogP contribution in [0.1, 0.15) is 86.2 Å². The van der Waals surface area contributed by atoms with Gasteiger partial charge in [0.15, 0.2) is 0 Å². The van der Waals surface area contributed by atoms with Gasteiger partial charge in [-0.05, 0) is 111 Å². The number of nitrogens with one attached hydrogen (secondary N) is 4. The lowest BCUT2D eigenvalue weighted by Crippen LogP contribution is -2.50. The number of carbonyl (C=O) groups excluding carboxylic acids is 2. The van der Waals surface area contributed by atoms with E-state index in [-0.39, 0.29) is 47.8 Å². The Bertz CT molecular complexity index is 2260. The van der Waals surface area contributed by atoms with E-state index in [1.807, 2.05) is 22.2 Å². The lowest BCUT2D eigenvalue weighted by atomic mass is 9.92. The quantitative estimate of drug-likeness (QED) is 0.104. The molecule has 14 heteroatoms. The fourth-order valence-electron chi connectivity index (χ4n) is 9.78. The van der Waals surface area contributed by atoms with E-state index in [1.54, 1.807) is 0 Å². The Morgan fingerprint density at radius 3 is 1.59 bits per heavy atom. The number of imidazole rings is 2. The first kappa shape index (κ1) is 34.8. The topological polar surface area (TPSA) is 197 Å². The van der Waals surface area contributed by atoms with Crippen molar-refractivity contribution in [3.8, 4) is 33.6 Å². The summed E-state index contributed by atoms with van der Waals surface area (Å²) in [4.78, 5) is 70.9. The number of hydrogen-bond acceptors (Lipinski definition) is 6. The summed E-state index contributed by atoms with van der Waals surface area (Å²) in [5.74, 6) is 2.22. The third-order valence-electron chi connectivity index (χ3n) is 13.4. The summed E-state index contributed by atoms with van der Waals surface area (Å²) < 4.78 is 0. The predicted molar refractivity (Wildman–Crippen MR) is 204 cm³/mol. The van der Waals surface area contributed by atoms with E-state index in [0.717, 1.165) is 108 Å². The zero-order valence-electron chi connectivity index (χ0n) is 31.4. The van der Waals surface area contributed by atoms with E-state index in [1.165, 1.54) is 0 Å². The first-order valence-corrected chi connectivity index (χ1v) is 20.0. The SMILES string of the molecule is Cc1c(-c2ccc(-c3c[nH]c([C@@H]4C[C@H]5CC5N4C(=O)[C@H](NC(=O)O)C4CC4)n3)cc2)ccc(-c2c[nH]c([C@@H]3C[C@H]4CC4N3C(=O)[C@H](NC(=O)O)C3CC3)n2)c1C. The molecule has 56 heavy (non-hydrogen) atoms. The van der Waals surface area contributed by atoms with Gasteiger partial charge in [0.05, 0.1) is 23.5 Å². The number of amides is 4. The monoisotopic (exact) mass is 758 g/mol. The minimum atomic E-state index is -1.16. The highest BCUT2D eigenvalue weighted by molar-refractivity contribution is 5.88. The van der Waals surface area contributed by atoms with Crippen LogP contribution >= 0.6 is 0 Å². The van der Waals surface area contributed by atoms with Crippen LogP contribution in [0.5, 0.6) is 0 Å². The van der Waals surface area contributed by atoms with E-state index in [0.29, 0.717) is 11.8 Å². The Hall–Kier alpha value is -5.66. The molecule has 2 aliphatic heterocycles. The Kier molecular flexibility index (Phi) is 8.05. The van der Waals surface area contributed by atoms with E-state index in [9.17, 15) is 29.4 Å². The van der Waals surface area contributed by atoms with Crippen LogP contribution in [0, 0.1) is 37.5 Å². The zero-order valence-corrected chi connectivity index (χ0v) is 31.4. The molecule has 0 spiro atoms. The maximum atomic E-state index is 13.7. The summed E-state index contributed by atoms with van der Waals surface area (Å²) in [5, 5.41) is 23.8. The number of hydrogen-bond donors (Lipinski definition) is 6. The van der Waals surface area contributed by atoms with Crippen LogP contribution in [-0.4, -0.2) is 88.1 Å². The summed E-state index contributed by atoms with van der Waals surface area (Å²) in [6.45, 7) is 4.22. The van der Waals surface area contributed by atoms with Gasteiger partial charge in [-0.1, -0.05) is 36.4 Å². The van der Waals surface area contributed by atoms with Crippen LogP contribution in [0.3, 0.4) is 0 Å². The molecule has 2 aromatic heterocycles. The lowest BCUT2D eigenvalue weighted by Gasteiger charge is -2.30. The maximum absolute atomic E-state index is 13.7. The van der Waals surface area contributed by atoms with Gasteiger partial charge < -0.3 is 40.6 Å². The van der Waals surface area contributed by atoms with Crippen molar-refractivity contribution >= 4 is 24.0 Å². The van der Waals surface area contributed by atoms with Crippen molar-refractivity contribution in [3.05, 3.63) is 71.6 Å². The highest BCUT2D eigenvalue weighted by Gasteiger charge is 2.58. The van der Waals surface area contributed by atoms with Gasteiger partial charge in [-0.15, -0.1) is 0 Å². The standard InChI is InChI=1S/C42H46N8O6/c1-19-20(2)28(30-18-44-38(46-30)34-16-26-14-32(26)50(34)40(52)36(24-9-10-24)48-42(55)56)12-11-27(19)21-3-5-22(6-4-21)29-17-43-37(45-29)33-15-25-13-31(25)49(33)39(51)35(23-7-8-23)47-41(53)54/h3-6,11-12,17-18,23-26,31-36,47-48H,7-10,13-16H2,1-2H3,(H,43,45)(H,44,46)(H,53,54)(H,55,56)/t25-,26-,31?,32?,33+,34+,35-,36-/m1/s1. The molecule has 4 saturated carbocycles. The molecular formula is C42H46N8O6. The number of nitrogens with zero attached hydrogens (tertiary/aromatic N) is 4. The average molecular weight is 759 g/mol. The molecule has 4 aromatic rings. The second kappa shape index (κ2) is 13.0. The van der Waals surface area contributed by atoms with Gasteiger partial charge in [-0.3, -0.25) is 9.59 Å². The van der Waals surface area contributed by atoms with E-state index in [4.69, 9.17) is 9.97 Å². The number of carboxylic acid groups (broad SMARTS) is 2. The predicted octanol–water partition coefficient (Wildman–Crippen LogP) is 6.17. The molecular weight excluding hydrogens is 713 g/mol. The van der Waals surface area contributed by atoms with Crippen LogP contribution in [-0.2, 0) is 9.59 Å². The molecule has 4 amide bonds. The minimum absolute atomic E-state index is 0.0660. The first-order chi connectivity index (χ1) is 27.0. The average Bonchev–Trinajstić information content (AvgIpc) is 4.14. The molecule has 0 radical (unpaired) electrons. The van der Waals surface area contributed by atoms with Crippen LogP contribution in [0.25, 0.3) is 33.6 Å². The third-order valence-corrected chi connectivity index (χ3v) is 13.4. The van der Waals surface area contributed by atoms with Crippen molar-refractivity contribution in [2.45, 2.75) is 101 Å². The van der Waals surface area contributed by atoms with Crippen LogP contribution < -0.4 is 10.6 Å². The molecule has 4 aliphatic carbocycles. The fourth-order valence-corrected chi connectivity index (χ4v) is 9.78. The molecule has 2 aromatic carbocycles. The Morgan fingerprint density at radius 1 is 0.643 bits per heavy atom. The molecule has 2 saturated heterocycles. The van der Waals surface area contributed by atoms with Crippen molar-refractivity contribution in [1.82, 2.24) is 40.4 Å². The van der Waals surface area contributed by atoms with Gasteiger partial charge in [0, 0.05) is 35.6 Å². The molecule has 2 unspecified atom stereocenters. The molecule has 290 valence electrons. The summed E-state index contributed by atoms with van der Waals surface area (Å²) in [6, 6.07) is 11.0. The Labute approximate surface area is 323 Å². The molecule has 4 heterocycles. The van der Waals surface area contributed by atoms with Gasteiger partial charge in [0.2, 0.25) is 11.8 Å². The van der Waals surface area contributed by atoms with Crippen molar-refractivity contribution in [2.75, 3.05) is 0 Å². The van der Waals surface area contributed by atoms with Crippen LogP contribution in [0.15, 0.2) is 48.8 Å².